The van der Waals surface area contributed by atoms with Gasteiger partial charge in [0.1, 0.15) is 22.5 Å². The SMILES string of the molecule is C[C@@H]1[C@H]2[C@@H](c3ccc(Cl)cc3)[C@H](c3ccc(Cl)cc3Cl)CC[C@@H]2C(=O)N1C(=O)OC(C)(C)C.C[C@@H]1[C@H]2[C@@H](c3ccc(Cl)cc3)[C@H](c3ccc(Cl)cc3Cl)CC[C@@]2(N)C(=O)N1C(=O)OC(C)(C)C.C[C@H]1CC(=O)[C@]2(C)CC[C@@H](c3ccc(Cl)cc3Cl)[C@H](c3ccc(Cl)cc3)[C@H]12. The maximum atomic E-state index is 13.6. The molecule has 6 aromatic rings. The summed E-state index contributed by atoms with van der Waals surface area (Å²) in [5.41, 5.74) is 10.4. The summed E-state index contributed by atoms with van der Waals surface area (Å²) in [6.07, 6.45) is 3.79. The van der Waals surface area contributed by atoms with Gasteiger partial charge >= 0.3 is 12.2 Å². The standard InChI is InChI=1S/C26H29Cl3N2O3.C26H28Cl3NO3.C23H23Cl3O/c1-14-22-21(15-5-7-16(27)8-6-15)19(18-10-9-17(28)13-20(18)29)11-12-26(22,30)23(32)31(14)24(33)34-25(2,3)4;1-14-22-20(24(31)30(14)25(32)33-26(2,3)4)12-11-19(18-10-9-17(28)13-21(18)29)23(22)15-5-7-16(27)8-6-15;1-13-11-20(27)23(2)10-9-18(17-8-7-16(25)12-19(17)26)21(22(13)23)14-3-5-15(24)6-4-14/h5-10,13-14,19,21-22H,11-12,30H2,1-4H3;5-10,13-14,19-20,22-23H,11-12H2,1-4H3;3-8,12-13,18,21-22H,9-11H2,1-2H3/t14-,19+,21+,22+,26+;14-,19+,20+,22-,23+;13-,18-,21-,22-,23-/m110/s1. The molecule has 12 rings (SSSR count). The number of fused-ring (bicyclic) bond motifs is 3. The predicted octanol–water partition coefficient (Wildman–Crippen LogP) is 22.0. The normalized spacial score (nSPS) is 29.7. The molecule has 2 heterocycles. The fraction of sp³-hybridized carbons (Fsp3) is 0.453. The van der Waals surface area contributed by atoms with Crippen molar-refractivity contribution in [3.8, 4) is 0 Å². The number of rotatable bonds is 6. The lowest BCUT2D eigenvalue weighted by atomic mass is 9.56. The van der Waals surface area contributed by atoms with Crippen LogP contribution in [0.2, 0.25) is 45.2 Å². The van der Waals surface area contributed by atoms with Gasteiger partial charge in [-0.05, 0) is 253 Å². The molecule has 0 radical (unpaired) electrons. The second kappa shape index (κ2) is 28.3. The highest BCUT2D eigenvalue weighted by molar-refractivity contribution is 6.36. The Hall–Kier alpha value is -4.56. The average Bonchev–Trinajstić information content (AvgIpc) is 1.54. The van der Waals surface area contributed by atoms with Crippen LogP contribution in [0.25, 0.3) is 0 Å². The molecular formula is C75H80Cl9N3O7. The Bertz CT molecular complexity index is 3840. The van der Waals surface area contributed by atoms with Crippen LogP contribution >= 0.6 is 104 Å². The first-order valence-electron chi connectivity index (χ1n) is 32.2. The molecule has 0 aromatic heterocycles. The van der Waals surface area contributed by atoms with Crippen LogP contribution in [0.3, 0.4) is 0 Å². The number of amides is 4. The fourth-order valence-electron chi connectivity index (χ4n) is 17.0. The third kappa shape index (κ3) is 14.6. The van der Waals surface area contributed by atoms with Crippen LogP contribution in [0.15, 0.2) is 127 Å². The fourth-order valence-corrected chi connectivity index (χ4v) is 19.0. The summed E-state index contributed by atoms with van der Waals surface area (Å²) >= 11 is 56.9. The third-order valence-electron chi connectivity index (χ3n) is 20.8. The minimum Gasteiger partial charge on any atom is -0.443 e. The molecule has 500 valence electrons. The van der Waals surface area contributed by atoms with E-state index >= 15 is 0 Å². The monoisotopic (exact) mass is 1450 g/mol. The number of benzene rings is 6. The highest BCUT2D eigenvalue weighted by Gasteiger charge is 2.64. The molecule has 6 aromatic carbocycles. The first-order chi connectivity index (χ1) is 44.1. The molecular weight excluding hydrogens is 1370 g/mol. The molecule has 4 amide bonds. The van der Waals surface area contributed by atoms with Crippen LogP contribution in [-0.4, -0.2) is 68.4 Å². The number of ketones is 1. The Kier molecular flexibility index (Phi) is 21.8. The number of imide groups is 2. The average molecular weight is 1450 g/mol. The molecule has 0 bridgehead atoms. The summed E-state index contributed by atoms with van der Waals surface area (Å²) in [5, 5.41) is 5.69. The van der Waals surface area contributed by atoms with E-state index in [1.165, 1.54) is 15.4 Å². The number of hydrogen-bond donors (Lipinski definition) is 1. The van der Waals surface area contributed by atoms with Crippen LogP contribution in [0, 0.1) is 35.0 Å². The van der Waals surface area contributed by atoms with E-state index in [-0.39, 0.29) is 76.5 Å². The van der Waals surface area contributed by atoms with E-state index in [1.807, 2.05) is 111 Å². The van der Waals surface area contributed by atoms with Gasteiger partial charge in [0, 0.05) is 81.0 Å². The number of carbonyl (C=O) groups excluding carboxylic acids is 5. The zero-order valence-electron chi connectivity index (χ0n) is 54.3. The van der Waals surface area contributed by atoms with Crippen LogP contribution in [0.4, 0.5) is 9.59 Å². The van der Waals surface area contributed by atoms with Gasteiger partial charge in [0.05, 0.1) is 0 Å². The van der Waals surface area contributed by atoms with E-state index in [1.54, 1.807) is 53.7 Å². The van der Waals surface area contributed by atoms with Crippen molar-refractivity contribution in [2.24, 2.45) is 40.7 Å². The van der Waals surface area contributed by atoms with Gasteiger partial charge in [0.15, 0.2) is 0 Å². The van der Waals surface area contributed by atoms with Crippen molar-refractivity contribution in [1.29, 1.82) is 0 Å². The van der Waals surface area contributed by atoms with Crippen molar-refractivity contribution >= 4 is 134 Å². The Balaban J connectivity index is 0.000000155. The minimum absolute atomic E-state index is 0.0221. The molecule has 6 fully saturated rings. The van der Waals surface area contributed by atoms with E-state index in [2.05, 4.69) is 32.0 Å². The first-order valence-corrected chi connectivity index (χ1v) is 35.6. The number of carbonyl (C=O) groups is 5. The van der Waals surface area contributed by atoms with Crippen LogP contribution in [0.1, 0.15) is 183 Å². The first kappa shape index (κ1) is 72.2. The van der Waals surface area contributed by atoms with Gasteiger partial charge in [0.2, 0.25) is 5.91 Å². The Labute approximate surface area is 598 Å². The van der Waals surface area contributed by atoms with Crippen molar-refractivity contribution in [2.45, 2.75) is 179 Å². The topological polar surface area (TPSA) is 136 Å². The maximum Gasteiger partial charge on any atom is 0.417 e. The van der Waals surface area contributed by atoms with Crippen molar-refractivity contribution in [3.63, 3.8) is 0 Å². The lowest BCUT2D eigenvalue weighted by Gasteiger charge is -2.47. The quantitative estimate of drug-likeness (QED) is 0.174. The molecule has 2 N–H and O–H groups in total. The Morgan fingerprint density at radius 1 is 0.468 bits per heavy atom. The summed E-state index contributed by atoms with van der Waals surface area (Å²) in [6, 6.07) is 39.6. The van der Waals surface area contributed by atoms with E-state index < -0.39 is 35.0 Å². The van der Waals surface area contributed by atoms with Gasteiger partial charge in [0.25, 0.3) is 5.91 Å². The summed E-state index contributed by atoms with van der Waals surface area (Å²) in [6.45, 7) is 18.9. The van der Waals surface area contributed by atoms with Crippen LogP contribution in [-0.2, 0) is 23.9 Å². The summed E-state index contributed by atoms with van der Waals surface area (Å²) in [7, 11) is 0. The predicted molar refractivity (Wildman–Crippen MR) is 381 cm³/mol. The molecule has 4 aliphatic carbocycles. The number of Topliss-reactive ketones (excluding diaryl/α,β-unsaturated/α-hetero) is 1. The van der Waals surface area contributed by atoms with E-state index in [0.717, 1.165) is 52.1 Å². The molecule has 2 saturated heterocycles. The third-order valence-corrected chi connectivity index (χ3v) is 23.2. The Morgan fingerprint density at radius 2 is 0.830 bits per heavy atom. The molecule has 4 saturated carbocycles. The van der Waals surface area contributed by atoms with Gasteiger partial charge in [-0.2, -0.15) is 0 Å². The second-order valence-electron chi connectivity index (χ2n) is 28.8. The molecule has 6 aliphatic rings. The lowest BCUT2D eigenvalue weighted by Crippen LogP contribution is -2.57. The van der Waals surface area contributed by atoms with Gasteiger partial charge in [-0.25, -0.2) is 19.4 Å². The number of nitrogens with two attached hydrogens (primary N) is 1. The molecule has 2 aliphatic heterocycles. The molecule has 0 unspecified atom stereocenters. The Morgan fingerprint density at radius 3 is 1.24 bits per heavy atom. The van der Waals surface area contributed by atoms with E-state index in [4.69, 9.17) is 120 Å². The van der Waals surface area contributed by atoms with Gasteiger partial charge in [-0.15, -0.1) is 0 Å². The number of hydrogen-bond acceptors (Lipinski definition) is 8. The summed E-state index contributed by atoms with van der Waals surface area (Å²) in [5.74, 6) is 0.211. The maximum absolute atomic E-state index is 13.6. The van der Waals surface area contributed by atoms with Crippen molar-refractivity contribution in [2.75, 3.05) is 0 Å². The van der Waals surface area contributed by atoms with Gasteiger partial charge in [-0.1, -0.05) is 173 Å². The van der Waals surface area contributed by atoms with Crippen LogP contribution < -0.4 is 5.73 Å². The van der Waals surface area contributed by atoms with Crippen molar-refractivity contribution in [1.82, 2.24) is 9.80 Å². The lowest BCUT2D eigenvalue weighted by molar-refractivity contribution is -0.133. The number of halogens is 9. The molecule has 19 heteroatoms. The molecule has 15 atom stereocenters. The minimum atomic E-state index is -1.20. The highest BCUT2D eigenvalue weighted by atomic mass is 35.5. The van der Waals surface area contributed by atoms with Crippen LogP contribution in [0.5, 0.6) is 0 Å². The number of nitrogens with zero attached hydrogens (tertiary/aromatic N) is 2. The van der Waals surface area contributed by atoms with Gasteiger partial charge in [-0.3, -0.25) is 14.4 Å². The molecule has 0 spiro atoms. The zero-order valence-corrected chi connectivity index (χ0v) is 61.1. The number of ether oxygens (including phenoxy) is 2. The number of likely N-dealkylation sites (tertiary alicyclic amines) is 2. The second-order valence-corrected chi connectivity index (χ2v) is 32.7. The smallest absolute Gasteiger partial charge is 0.417 e. The van der Waals surface area contributed by atoms with E-state index in [0.29, 0.717) is 83.5 Å². The molecule has 94 heavy (non-hydrogen) atoms. The van der Waals surface area contributed by atoms with E-state index in [9.17, 15) is 24.0 Å². The van der Waals surface area contributed by atoms with Crippen molar-refractivity contribution in [3.05, 3.63) is 206 Å². The zero-order chi connectivity index (χ0) is 68.4. The largest absolute Gasteiger partial charge is 0.443 e. The highest BCUT2D eigenvalue weighted by Crippen LogP contribution is 2.63. The molecule has 10 nitrogen and oxygen atoms in total. The summed E-state index contributed by atoms with van der Waals surface area (Å²) < 4.78 is 11.2. The summed E-state index contributed by atoms with van der Waals surface area (Å²) in [4.78, 5) is 68.5. The van der Waals surface area contributed by atoms with Gasteiger partial charge < -0.3 is 15.2 Å². The van der Waals surface area contributed by atoms with Crippen molar-refractivity contribution < 1.29 is 33.4 Å².